The molecule has 0 saturated heterocycles. The van der Waals surface area contributed by atoms with Gasteiger partial charge < -0.3 is 0 Å². The van der Waals surface area contributed by atoms with Crippen LogP contribution in [0, 0.1) is 17.3 Å². The van der Waals surface area contributed by atoms with Gasteiger partial charge in [0.05, 0.1) is 0 Å². The van der Waals surface area contributed by atoms with Crippen LogP contribution in [-0.4, -0.2) is 0 Å². The van der Waals surface area contributed by atoms with Gasteiger partial charge in [-0.1, -0.05) is 45.3 Å². The van der Waals surface area contributed by atoms with Gasteiger partial charge >= 0.3 is 0 Å². The van der Waals surface area contributed by atoms with Crippen LogP contribution in [-0.2, 0) is 0 Å². The standard InChI is InChI=1S/C16H28/c1-4-14-7-5-6-12-16(14,3)15-10-8-13(2)9-11-15/h7,13,15H,4-6,8-12H2,1-3H3. The van der Waals surface area contributed by atoms with Gasteiger partial charge in [0.2, 0.25) is 0 Å². The largest absolute Gasteiger partial charge is 0.0848 e. The smallest absolute Gasteiger partial charge is 0.00881 e. The van der Waals surface area contributed by atoms with E-state index in [0.717, 1.165) is 11.8 Å². The fourth-order valence-electron chi connectivity index (χ4n) is 4.05. The third-order valence-electron chi connectivity index (χ3n) is 5.32. The predicted molar refractivity (Wildman–Crippen MR) is 71.5 cm³/mol. The van der Waals surface area contributed by atoms with E-state index in [9.17, 15) is 0 Å². The number of allylic oxidation sites excluding steroid dienone is 2. The summed E-state index contributed by atoms with van der Waals surface area (Å²) in [6, 6.07) is 0. The lowest BCUT2D eigenvalue weighted by Gasteiger charge is -2.45. The minimum atomic E-state index is 0.563. The maximum absolute atomic E-state index is 2.56. The van der Waals surface area contributed by atoms with E-state index in [1.54, 1.807) is 5.57 Å². The molecule has 1 saturated carbocycles. The van der Waals surface area contributed by atoms with Crippen LogP contribution in [0.15, 0.2) is 11.6 Å². The Hall–Kier alpha value is -0.260. The van der Waals surface area contributed by atoms with Gasteiger partial charge in [-0.05, 0) is 55.8 Å². The second kappa shape index (κ2) is 4.94. The van der Waals surface area contributed by atoms with Crippen LogP contribution >= 0.6 is 0 Å². The Morgan fingerprint density at radius 1 is 1.25 bits per heavy atom. The first-order chi connectivity index (χ1) is 7.66. The van der Waals surface area contributed by atoms with Crippen LogP contribution in [0.2, 0.25) is 0 Å². The van der Waals surface area contributed by atoms with Gasteiger partial charge in [-0.15, -0.1) is 0 Å². The highest BCUT2D eigenvalue weighted by atomic mass is 14.4. The first kappa shape index (κ1) is 12.2. The molecule has 0 nitrogen and oxygen atoms in total. The fourth-order valence-corrected chi connectivity index (χ4v) is 4.05. The number of rotatable bonds is 2. The highest BCUT2D eigenvalue weighted by Crippen LogP contribution is 2.50. The topological polar surface area (TPSA) is 0 Å². The van der Waals surface area contributed by atoms with E-state index in [-0.39, 0.29) is 0 Å². The molecular weight excluding hydrogens is 192 g/mol. The summed E-state index contributed by atoms with van der Waals surface area (Å²) in [6.07, 6.45) is 13.9. The number of hydrogen-bond acceptors (Lipinski definition) is 0. The Labute approximate surface area is 102 Å². The van der Waals surface area contributed by atoms with Gasteiger partial charge in [0.1, 0.15) is 0 Å². The van der Waals surface area contributed by atoms with Crippen molar-refractivity contribution in [3.05, 3.63) is 11.6 Å². The van der Waals surface area contributed by atoms with Crippen molar-refractivity contribution in [3.8, 4) is 0 Å². The Balaban J connectivity index is 2.11. The minimum absolute atomic E-state index is 0.563. The lowest BCUT2D eigenvalue weighted by Crippen LogP contribution is -2.34. The summed E-state index contributed by atoms with van der Waals surface area (Å²) in [5.41, 5.74) is 2.34. The molecule has 1 fully saturated rings. The molecule has 0 spiro atoms. The molecule has 2 aliphatic rings. The van der Waals surface area contributed by atoms with E-state index in [1.165, 1.54) is 51.4 Å². The Bertz CT molecular complexity index is 255. The molecule has 0 aromatic carbocycles. The quantitative estimate of drug-likeness (QED) is 0.551. The highest BCUT2D eigenvalue weighted by molar-refractivity contribution is 5.18. The molecule has 2 rings (SSSR count). The Kier molecular flexibility index (Phi) is 3.77. The van der Waals surface area contributed by atoms with Crippen molar-refractivity contribution in [1.82, 2.24) is 0 Å². The molecule has 0 heteroatoms. The first-order valence-electron chi connectivity index (χ1n) is 7.36. The summed E-state index contributed by atoms with van der Waals surface area (Å²) >= 11 is 0. The maximum atomic E-state index is 2.56. The lowest BCUT2D eigenvalue weighted by molar-refractivity contribution is 0.132. The molecule has 0 aliphatic heterocycles. The fraction of sp³-hybridized carbons (Fsp3) is 0.875. The maximum Gasteiger partial charge on any atom is -0.00881 e. The summed E-state index contributed by atoms with van der Waals surface area (Å²) in [5, 5.41) is 0. The average molecular weight is 220 g/mol. The predicted octanol–water partition coefficient (Wildman–Crippen LogP) is 5.34. The van der Waals surface area contributed by atoms with Gasteiger partial charge in [-0.3, -0.25) is 0 Å². The van der Waals surface area contributed by atoms with Crippen molar-refractivity contribution >= 4 is 0 Å². The summed E-state index contributed by atoms with van der Waals surface area (Å²) in [5.74, 6) is 1.97. The first-order valence-corrected chi connectivity index (χ1v) is 7.36. The van der Waals surface area contributed by atoms with Gasteiger partial charge in [-0.2, -0.15) is 0 Å². The normalized spacial score (nSPS) is 40.6. The zero-order chi connectivity index (χ0) is 11.6. The molecule has 0 N–H and O–H groups in total. The van der Waals surface area contributed by atoms with Crippen LogP contribution in [0.25, 0.3) is 0 Å². The monoisotopic (exact) mass is 220 g/mol. The van der Waals surface area contributed by atoms with Gasteiger partial charge in [0.25, 0.3) is 0 Å². The Morgan fingerprint density at radius 3 is 2.56 bits per heavy atom. The van der Waals surface area contributed by atoms with Gasteiger partial charge in [-0.25, -0.2) is 0 Å². The van der Waals surface area contributed by atoms with Gasteiger partial charge in [0.15, 0.2) is 0 Å². The summed E-state index contributed by atoms with van der Waals surface area (Å²) in [7, 11) is 0. The van der Waals surface area contributed by atoms with Crippen LogP contribution < -0.4 is 0 Å². The molecule has 0 aromatic rings. The van der Waals surface area contributed by atoms with Crippen molar-refractivity contribution in [1.29, 1.82) is 0 Å². The molecule has 1 atom stereocenters. The molecule has 0 radical (unpaired) electrons. The van der Waals surface area contributed by atoms with Crippen LogP contribution in [0.1, 0.15) is 72.1 Å². The molecule has 0 aromatic heterocycles. The van der Waals surface area contributed by atoms with Crippen molar-refractivity contribution in [2.24, 2.45) is 17.3 Å². The zero-order valence-corrected chi connectivity index (χ0v) is 11.4. The zero-order valence-electron chi connectivity index (χ0n) is 11.4. The van der Waals surface area contributed by atoms with E-state index >= 15 is 0 Å². The lowest BCUT2D eigenvalue weighted by atomic mass is 9.60. The summed E-state index contributed by atoms with van der Waals surface area (Å²) in [4.78, 5) is 0. The van der Waals surface area contributed by atoms with Crippen molar-refractivity contribution < 1.29 is 0 Å². The molecule has 0 bridgehead atoms. The SMILES string of the molecule is CCC1=CCCCC1(C)C1CCC(C)CC1. The third-order valence-corrected chi connectivity index (χ3v) is 5.32. The van der Waals surface area contributed by atoms with Crippen LogP contribution in [0.4, 0.5) is 0 Å². The molecule has 1 unspecified atom stereocenters. The van der Waals surface area contributed by atoms with E-state index in [1.807, 2.05) is 0 Å². The molecule has 2 aliphatic carbocycles. The van der Waals surface area contributed by atoms with E-state index < -0.39 is 0 Å². The Morgan fingerprint density at radius 2 is 1.94 bits per heavy atom. The number of hydrogen-bond donors (Lipinski definition) is 0. The summed E-state index contributed by atoms with van der Waals surface area (Å²) in [6.45, 7) is 7.33. The van der Waals surface area contributed by atoms with Crippen LogP contribution in [0.3, 0.4) is 0 Å². The average Bonchev–Trinajstić information content (AvgIpc) is 2.30. The minimum Gasteiger partial charge on any atom is -0.0848 e. The molecule has 16 heavy (non-hydrogen) atoms. The third kappa shape index (κ3) is 2.21. The van der Waals surface area contributed by atoms with Crippen molar-refractivity contribution in [2.45, 2.75) is 72.1 Å². The van der Waals surface area contributed by atoms with Crippen LogP contribution in [0.5, 0.6) is 0 Å². The highest BCUT2D eigenvalue weighted by Gasteiger charge is 2.38. The second-order valence-electron chi connectivity index (χ2n) is 6.35. The van der Waals surface area contributed by atoms with Gasteiger partial charge in [0, 0.05) is 0 Å². The van der Waals surface area contributed by atoms with Crippen molar-refractivity contribution in [3.63, 3.8) is 0 Å². The molecule has 92 valence electrons. The second-order valence-corrected chi connectivity index (χ2v) is 6.35. The van der Waals surface area contributed by atoms with E-state index in [2.05, 4.69) is 26.8 Å². The molecule has 0 amide bonds. The molecular formula is C16H28. The van der Waals surface area contributed by atoms with E-state index in [0.29, 0.717) is 5.41 Å². The summed E-state index contributed by atoms with van der Waals surface area (Å²) < 4.78 is 0. The van der Waals surface area contributed by atoms with Crippen molar-refractivity contribution in [2.75, 3.05) is 0 Å². The molecule has 0 heterocycles. The van der Waals surface area contributed by atoms with E-state index in [4.69, 9.17) is 0 Å².